The second kappa shape index (κ2) is 5.84. The first-order valence-electron chi connectivity index (χ1n) is 5.91. The van der Waals surface area contributed by atoms with E-state index in [-0.39, 0.29) is 5.78 Å². The van der Waals surface area contributed by atoms with E-state index < -0.39 is 0 Å². The van der Waals surface area contributed by atoms with Crippen LogP contribution >= 0.6 is 0 Å². The highest BCUT2D eigenvalue weighted by Crippen LogP contribution is 2.36. The molecule has 0 bridgehead atoms. The van der Waals surface area contributed by atoms with Gasteiger partial charge in [-0.15, -0.1) is 0 Å². The maximum Gasteiger partial charge on any atom is 0.167 e. The summed E-state index contributed by atoms with van der Waals surface area (Å²) in [5.74, 6) is 1.28. The van der Waals surface area contributed by atoms with Crippen LogP contribution < -0.4 is 15.2 Å². The lowest BCUT2D eigenvalue weighted by Gasteiger charge is -2.22. The fraction of sp³-hybridized carbons (Fsp3) is 0.462. The Morgan fingerprint density at radius 1 is 1.39 bits per heavy atom. The molecule has 0 radical (unpaired) electrons. The molecule has 0 saturated carbocycles. The SMILES string of the molecule is COCc1c(C(=O)CCN)ccc2c1OCCO2. The van der Waals surface area contributed by atoms with Gasteiger partial charge in [0.2, 0.25) is 0 Å². The van der Waals surface area contributed by atoms with Gasteiger partial charge in [0.05, 0.1) is 6.61 Å². The van der Waals surface area contributed by atoms with Gasteiger partial charge in [-0.3, -0.25) is 4.79 Å². The molecule has 0 aliphatic carbocycles. The number of nitrogens with two attached hydrogens (primary N) is 1. The molecule has 5 heteroatoms. The smallest absolute Gasteiger partial charge is 0.167 e. The van der Waals surface area contributed by atoms with Crippen molar-refractivity contribution in [2.45, 2.75) is 13.0 Å². The molecular weight excluding hydrogens is 234 g/mol. The molecule has 18 heavy (non-hydrogen) atoms. The Morgan fingerprint density at radius 2 is 2.17 bits per heavy atom. The molecule has 1 aromatic carbocycles. The van der Waals surface area contributed by atoms with Crippen LogP contribution in [-0.2, 0) is 11.3 Å². The Labute approximate surface area is 106 Å². The summed E-state index contributed by atoms with van der Waals surface area (Å²) in [6.07, 6.45) is 0.316. The largest absolute Gasteiger partial charge is 0.486 e. The third-order valence-corrected chi connectivity index (χ3v) is 2.77. The van der Waals surface area contributed by atoms with Crippen LogP contribution in [0.5, 0.6) is 11.5 Å². The van der Waals surface area contributed by atoms with Gasteiger partial charge in [-0.25, -0.2) is 0 Å². The van der Waals surface area contributed by atoms with Crippen molar-refractivity contribution in [3.8, 4) is 11.5 Å². The van der Waals surface area contributed by atoms with Gasteiger partial charge in [0.25, 0.3) is 0 Å². The van der Waals surface area contributed by atoms with Crippen molar-refractivity contribution in [2.75, 3.05) is 26.9 Å². The normalized spacial score (nSPS) is 13.4. The molecule has 98 valence electrons. The fourth-order valence-electron chi connectivity index (χ4n) is 1.99. The van der Waals surface area contributed by atoms with Crippen molar-refractivity contribution >= 4 is 5.78 Å². The zero-order valence-electron chi connectivity index (χ0n) is 10.4. The number of fused-ring (bicyclic) bond motifs is 1. The minimum Gasteiger partial charge on any atom is -0.486 e. The second-order valence-electron chi connectivity index (χ2n) is 4.01. The predicted molar refractivity (Wildman–Crippen MR) is 66.1 cm³/mol. The highest BCUT2D eigenvalue weighted by molar-refractivity contribution is 5.98. The molecule has 1 aliphatic rings. The van der Waals surface area contributed by atoms with Gasteiger partial charge in [-0.05, 0) is 18.7 Å². The first-order chi connectivity index (χ1) is 8.77. The Hall–Kier alpha value is -1.59. The molecule has 0 spiro atoms. The summed E-state index contributed by atoms with van der Waals surface area (Å²) in [7, 11) is 1.58. The van der Waals surface area contributed by atoms with E-state index in [1.807, 2.05) is 0 Å². The van der Waals surface area contributed by atoms with Crippen molar-refractivity contribution in [1.82, 2.24) is 0 Å². The van der Waals surface area contributed by atoms with Crippen molar-refractivity contribution in [3.05, 3.63) is 23.3 Å². The maximum absolute atomic E-state index is 12.0. The van der Waals surface area contributed by atoms with Crippen molar-refractivity contribution < 1.29 is 19.0 Å². The summed E-state index contributed by atoms with van der Waals surface area (Å²) in [5.41, 5.74) is 6.77. The summed E-state index contributed by atoms with van der Waals surface area (Å²) in [6, 6.07) is 3.51. The lowest BCUT2D eigenvalue weighted by molar-refractivity contribution is 0.0977. The summed E-state index contributed by atoms with van der Waals surface area (Å²) < 4.78 is 16.2. The molecule has 0 unspecified atom stereocenters. The lowest BCUT2D eigenvalue weighted by Crippen LogP contribution is -2.19. The maximum atomic E-state index is 12.0. The molecular formula is C13H17NO4. The first-order valence-corrected chi connectivity index (χ1v) is 5.91. The summed E-state index contributed by atoms with van der Waals surface area (Å²) >= 11 is 0. The Balaban J connectivity index is 2.42. The summed E-state index contributed by atoms with van der Waals surface area (Å²) in [5, 5.41) is 0. The average Bonchev–Trinajstić information content (AvgIpc) is 2.39. The van der Waals surface area contributed by atoms with E-state index in [2.05, 4.69) is 0 Å². The van der Waals surface area contributed by atoms with Crippen LogP contribution in [0.2, 0.25) is 0 Å². The van der Waals surface area contributed by atoms with Crippen molar-refractivity contribution in [2.24, 2.45) is 5.73 Å². The van der Waals surface area contributed by atoms with E-state index >= 15 is 0 Å². The van der Waals surface area contributed by atoms with E-state index in [1.165, 1.54) is 0 Å². The molecule has 1 aromatic rings. The van der Waals surface area contributed by atoms with Crippen LogP contribution in [0.3, 0.4) is 0 Å². The topological polar surface area (TPSA) is 70.8 Å². The second-order valence-corrected chi connectivity index (χ2v) is 4.01. The number of hydrogen-bond acceptors (Lipinski definition) is 5. The number of carbonyl (C=O) groups is 1. The van der Waals surface area contributed by atoms with Gasteiger partial charge in [0.1, 0.15) is 13.2 Å². The third-order valence-electron chi connectivity index (χ3n) is 2.77. The molecule has 0 aromatic heterocycles. The minimum atomic E-state index is 0.00141. The molecule has 2 rings (SSSR count). The molecule has 0 atom stereocenters. The number of ether oxygens (including phenoxy) is 3. The minimum absolute atomic E-state index is 0.00141. The number of Topliss-reactive ketones (excluding diaryl/α,β-unsaturated/α-hetero) is 1. The molecule has 1 heterocycles. The van der Waals surface area contributed by atoms with Crippen molar-refractivity contribution in [1.29, 1.82) is 0 Å². The van der Waals surface area contributed by atoms with Crippen LogP contribution in [0.15, 0.2) is 12.1 Å². The van der Waals surface area contributed by atoms with E-state index in [0.29, 0.717) is 49.8 Å². The van der Waals surface area contributed by atoms with E-state index in [1.54, 1.807) is 19.2 Å². The number of carbonyl (C=O) groups excluding carboxylic acids is 1. The summed E-state index contributed by atoms with van der Waals surface area (Å²) in [6.45, 7) is 1.66. The average molecular weight is 251 g/mol. The lowest BCUT2D eigenvalue weighted by atomic mass is 10.00. The van der Waals surface area contributed by atoms with Gasteiger partial charge < -0.3 is 19.9 Å². The Morgan fingerprint density at radius 3 is 2.89 bits per heavy atom. The fourth-order valence-corrected chi connectivity index (χ4v) is 1.99. The Bertz CT molecular complexity index is 445. The highest BCUT2D eigenvalue weighted by atomic mass is 16.6. The van der Waals surface area contributed by atoms with Crippen LogP contribution in [0.1, 0.15) is 22.3 Å². The molecule has 1 aliphatic heterocycles. The van der Waals surface area contributed by atoms with Gasteiger partial charge >= 0.3 is 0 Å². The van der Waals surface area contributed by atoms with Gasteiger partial charge in [0, 0.05) is 24.7 Å². The van der Waals surface area contributed by atoms with Gasteiger partial charge in [-0.1, -0.05) is 0 Å². The van der Waals surface area contributed by atoms with Crippen LogP contribution in [0.25, 0.3) is 0 Å². The third kappa shape index (κ3) is 2.47. The van der Waals surface area contributed by atoms with E-state index in [4.69, 9.17) is 19.9 Å². The zero-order chi connectivity index (χ0) is 13.0. The van der Waals surface area contributed by atoms with Gasteiger partial charge in [0.15, 0.2) is 17.3 Å². The van der Waals surface area contributed by atoms with E-state index in [0.717, 1.165) is 5.56 Å². The molecule has 0 fully saturated rings. The number of ketones is 1. The van der Waals surface area contributed by atoms with Crippen LogP contribution in [-0.4, -0.2) is 32.7 Å². The number of hydrogen-bond donors (Lipinski definition) is 1. The van der Waals surface area contributed by atoms with Crippen LogP contribution in [0.4, 0.5) is 0 Å². The summed E-state index contributed by atoms with van der Waals surface area (Å²) in [4.78, 5) is 12.0. The monoisotopic (exact) mass is 251 g/mol. The predicted octanol–water partition coefficient (Wildman–Crippen LogP) is 1.14. The van der Waals surface area contributed by atoms with E-state index in [9.17, 15) is 4.79 Å². The molecule has 0 amide bonds. The zero-order valence-corrected chi connectivity index (χ0v) is 10.4. The van der Waals surface area contributed by atoms with Crippen molar-refractivity contribution in [3.63, 3.8) is 0 Å². The van der Waals surface area contributed by atoms with Crippen LogP contribution in [0, 0.1) is 0 Å². The molecule has 0 saturated heterocycles. The number of methoxy groups -OCH3 is 1. The standard InChI is InChI=1S/C13H17NO4/c1-16-8-10-9(11(15)4-5-14)2-3-12-13(10)18-7-6-17-12/h2-3H,4-8,14H2,1H3. The number of rotatable bonds is 5. The quantitative estimate of drug-likeness (QED) is 0.794. The Kier molecular flexibility index (Phi) is 4.17. The highest BCUT2D eigenvalue weighted by Gasteiger charge is 2.22. The first kappa shape index (κ1) is 12.9. The molecule has 2 N–H and O–H groups in total. The van der Waals surface area contributed by atoms with Gasteiger partial charge in [-0.2, -0.15) is 0 Å². The molecule has 5 nitrogen and oxygen atoms in total. The number of benzene rings is 1.